The molecule has 0 spiro atoms. The van der Waals surface area contributed by atoms with Gasteiger partial charge in [-0.2, -0.15) is 5.10 Å². The highest BCUT2D eigenvalue weighted by Crippen LogP contribution is 2.28. The van der Waals surface area contributed by atoms with Gasteiger partial charge in [-0.3, -0.25) is 4.79 Å². The summed E-state index contributed by atoms with van der Waals surface area (Å²) in [4.78, 5) is 16.3. The summed E-state index contributed by atoms with van der Waals surface area (Å²) < 4.78 is 16.6. The molecule has 0 saturated heterocycles. The Bertz CT molecular complexity index is 1140. The predicted molar refractivity (Wildman–Crippen MR) is 102 cm³/mol. The Morgan fingerprint density at radius 2 is 1.85 bits per heavy atom. The van der Waals surface area contributed by atoms with Crippen LogP contribution in [0.15, 0.2) is 65.1 Å². The topological polar surface area (TPSA) is 47.3 Å². The SMILES string of the molecule is CC(=O)c1cc(-c2ccccc2)n2nc(-c3ccc(Br)cc3F)cc2n1. The molecule has 0 fully saturated rings. The summed E-state index contributed by atoms with van der Waals surface area (Å²) in [6.07, 6.45) is 0. The molecule has 2 aromatic heterocycles. The highest BCUT2D eigenvalue weighted by Gasteiger charge is 2.16. The molecular weight excluding hydrogens is 397 g/mol. The van der Waals surface area contributed by atoms with Crippen LogP contribution in [0.1, 0.15) is 17.4 Å². The van der Waals surface area contributed by atoms with Crippen molar-refractivity contribution in [3.63, 3.8) is 0 Å². The smallest absolute Gasteiger partial charge is 0.178 e. The third kappa shape index (κ3) is 2.93. The van der Waals surface area contributed by atoms with Gasteiger partial charge in [-0.05, 0) is 24.3 Å². The van der Waals surface area contributed by atoms with Crippen molar-refractivity contribution in [2.45, 2.75) is 6.92 Å². The Balaban J connectivity index is 1.99. The maximum atomic E-state index is 14.3. The van der Waals surface area contributed by atoms with Crippen molar-refractivity contribution in [3.8, 4) is 22.5 Å². The number of halogens is 2. The Morgan fingerprint density at radius 1 is 1.08 bits per heavy atom. The number of fused-ring (bicyclic) bond motifs is 1. The van der Waals surface area contributed by atoms with Crippen LogP contribution in [0.2, 0.25) is 0 Å². The fourth-order valence-corrected chi connectivity index (χ4v) is 3.13. The fraction of sp³-hybridized carbons (Fsp3) is 0.0500. The Kier molecular flexibility index (Phi) is 4.12. The largest absolute Gasteiger partial charge is 0.293 e. The van der Waals surface area contributed by atoms with E-state index in [9.17, 15) is 9.18 Å². The number of aromatic nitrogens is 3. The van der Waals surface area contributed by atoms with Crippen LogP contribution in [-0.4, -0.2) is 20.4 Å². The molecule has 0 bridgehead atoms. The molecule has 0 saturated carbocycles. The number of hydrogen-bond acceptors (Lipinski definition) is 3. The van der Waals surface area contributed by atoms with Gasteiger partial charge < -0.3 is 0 Å². The minimum Gasteiger partial charge on any atom is -0.293 e. The third-order valence-electron chi connectivity index (χ3n) is 4.06. The summed E-state index contributed by atoms with van der Waals surface area (Å²) in [5.74, 6) is -0.516. The van der Waals surface area contributed by atoms with Crippen LogP contribution in [0, 0.1) is 5.82 Å². The second kappa shape index (κ2) is 6.46. The number of carbonyl (C=O) groups excluding carboxylic acids is 1. The number of Topliss-reactive ketones (excluding diaryl/α,β-unsaturated/α-hetero) is 1. The molecule has 0 atom stereocenters. The fourth-order valence-electron chi connectivity index (χ4n) is 2.80. The lowest BCUT2D eigenvalue weighted by Crippen LogP contribution is -2.03. The normalized spacial score (nSPS) is 11.0. The minimum atomic E-state index is -0.379. The molecule has 0 unspecified atom stereocenters. The number of nitrogens with zero attached hydrogens (tertiary/aromatic N) is 3. The van der Waals surface area contributed by atoms with Crippen LogP contribution in [0.3, 0.4) is 0 Å². The van der Waals surface area contributed by atoms with Gasteiger partial charge in [0.2, 0.25) is 0 Å². The van der Waals surface area contributed by atoms with E-state index < -0.39 is 0 Å². The summed E-state index contributed by atoms with van der Waals surface area (Å²) in [7, 11) is 0. The molecular formula is C20H13BrFN3O. The molecule has 4 nitrogen and oxygen atoms in total. The third-order valence-corrected chi connectivity index (χ3v) is 4.56. The summed E-state index contributed by atoms with van der Waals surface area (Å²) in [5.41, 5.74) is 3.30. The van der Waals surface area contributed by atoms with Gasteiger partial charge in [-0.1, -0.05) is 46.3 Å². The first kappa shape index (κ1) is 16.6. The number of ketones is 1. The first-order valence-electron chi connectivity index (χ1n) is 7.95. The number of benzene rings is 2. The molecule has 4 aromatic rings. The van der Waals surface area contributed by atoms with Crippen LogP contribution in [0.4, 0.5) is 4.39 Å². The van der Waals surface area contributed by atoms with E-state index in [1.54, 1.807) is 28.8 Å². The average molecular weight is 410 g/mol. The van der Waals surface area contributed by atoms with E-state index in [0.717, 1.165) is 11.3 Å². The van der Waals surface area contributed by atoms with Crippen LogP contribution in [0.25, 0.3) is 28.2 Å². The van der Waals surface area contributed by atoms with Crippen LogP contribution >= 0.6 is 15.9 Å². The van der Waals surface area contributed by atoms with Gasteiger partial charge in [0.25, 0.3) is 0 Å². The van der Waals surface area contributed by atoms with E-state index in [1.807, 2.05) is 30.3 Å². The van der Waals surface area contributed by atoms with Gasteiger partial charge in [0.1, 0.15) is 11.5 Å². The first-order valence-corrected chi connectivity index (χ1v) is 8.75. The van der Waals surface area contributed by atoms with Crippen molar-refractivity contribution >= 4 is 27.4 Å². The van der Waals surface area contributed by atoms with Crippen LogP contribution < -0.4 is 0 Å². The van der Waals surface area contributed by atoms with E-state index in [1.165, 1.54) is 13.0 Å². The van der Waals surface area contributed by atoms with Crippen LogP contribution in [-0.2, 0) is 0 Å². The van der Waals surface area contributed by atoms with E-state index in [4.69, 9.17) is 0 Å². The molecule has 0 aliphatic rings. The van der Waals surface area contributed by atoms with Crippen molar-refractivity contribution in [2.75, 3.05) is 0 Å². The van der Waals surface area contributed by atoms with Gasteiger partial charge in [-0.25, -0.2) is 13.9 Å². The molecule has 0 N–H and O–H groups in total. The molecule has 128 valence electrons. The molecule has 26 heavy (non-hydrogen) atoms. The lowest BCUT2D eigenvalue weighted by atomic mass is 10.1. The highest BCUT2D eigenvalue weighted by molar-refractivity contribution is 9.10. The second-order valence-electron chi connectivity index (χ2n) is 5.87. The first-order chi connectivity index (χ1) is 12.5. The maximum absolute atomic E-state index is 14.3. The quantitative estimate of drug-likeness (QED) is 0.438. The average Bonchev–Trinajstić information content (AvgIpc) is 3.05. The zero-order chi connectivity index (χ0) is 18.3. The van der Waals surface area contributed by atoms with Gasteiger partial charge in [0.05, 0.1) is 11.4 Å². The predicted octanol–water partition coefficient (Wildman–Crippen LogP) is 5.17. The Labute approximate surface area is 157 Å². The van der Waals surface area contributed by atoms with Crippen molar-refractivity contribution in [2.24, 2.45) is 0 Å². The minimum absolute atomic E-state index is 0.137. The van der Waals surface area contributed by atoms with E-state index in [0.29, 0.717) is 27.1 Å². The van der Waals surface area contributed by atoms with Gasteiger partial charge in [-0.15, -0.1) is 0 Å². The molecule has 0 aliphatic heterocycles. The molecule has 4 rings (SSSR count). The lowest BCUT2D eigenvalue weighted by molar-refractivity contribution is 0.101. The zero-order valence-electron chi connectivity index (χ0n) is 13.8. The summed E-state index contributed by atoms with van der Waals surface area (Å²) in [5, 5.41) is 4.54. The van der Waals surface area contributed by atoms with E-state index in [2.05, 4.69) is 26.0 Å². The zero-order valence-corrected chi connectivity index (χ0v) is 15.4. The summed E-state index contributed by atoms with van der Waals surface area (Å²) in [6, 6.07) is 17.8. The van der Waals surface area contributed by atoms with Gasteiger partial charge in [0, 0.05) is 28.6 Å². The number of carbonyl (C=O) groups is 1. The van der Waals surface area contributed by atoms with Crippen molar-refractivity contribution in [1.29, 1.82) is 0 Å². The van der Waals surface area contributed by atoms with E-state index >= 15 is 0 Å². The second-order valence-corrected chi connectivity index (χ2v) is 6.79. The molecule has 2 heterocycles. The van der Waals surface area contributed by atoms with E-state index in [-0.39, 0.29) is 11.6 Å². The summed E-state index contributed by atoms with van der Waals surface area (Å²) in [6.45, 7) is 1.47. The van der Waals surface area contributed by atoms with Crippen molar-refractivity contribution < 1.29 is 9.18 Å². The molecule has 2 aromatic carbocycles. The standard InChI is InChI=1S/C20H13BrFN3O/c1-12(26)17-10-19(13-5-3-2-4-6-13)25-20(23-17)11-18(24-25)15-8-7-14(21)9-16(15)22/h2-11H,1H3. The highest BCUT2D eigenvalue weighted by atomic mass is 79.9. The van der Waals surface area contributed by atoms with Gasteiger partial charge >= 0.3 is 0 Å². The van der Waals surface area contributed by atoms with Crippen molar-refractivity contribution in [3.05, 3.63) is 76.6 Å². The van der Waals surface area contributed by atoms with Crippen LogP contribution in [0.5, 0.6) is 0 Å². The van der Waals surface area contributed by atoms with Gasteiger partial charge in [0.15, 0.2) is 11.4 Å². The Morgan fingerprint density at radius 3 is 2.54 bits per heavy atom. The molecule has 0 amide bonds. The Hall–Kier alpha value is -2.86. The monoisotopic (exact) mass is 409 g/mol. The molecule has 0 radical (unpaired) electrons. The molecule has 6 heteroatoms. The number of rotatable bonds is 3. The van der Waals surface area contributed by atoms with Crippen molar-refractivity contribution in [1.82, 2.24) is 14.6 Å². The number of hydrogen-bond donors (Lipinski definition) is 0. The lowest BCUT2D eigenvalue weighted by Gasteiger charge is -2.06. The molecule has 0 aliphatic carbocycles. The summed E-state index contributed by atoms with van der Waals surface area (Å²) >= 11 is 3.26. The maximum Gasteiger partial charge on any atom is 0.178 e.